The summed E-state index contributed by atoms with van der Waals surface area (Å²) in [7, 11) is 1.52. The van der Waals surface area contributed by atoms with Crippen molar-refractivity contribution in [3.63, 3.8) is 0 Å². The standard InChI is InChI=1S/C27H21FN2O4S/c1-14-11-15(2)22-20(12-14)35-27(29-22)30-23(17-5-4-6-19(13-17)34-3)21(25(32)26(30)33)24(31)16-7-9-18(28)10-8-16/h4-13,23,31H,1-3H3/b24-21+. The van der Waals surface area contributed by atoms with Crippen LogP contribution in [0.4, 0.5) is 9.52 Å². The normalized spacial score (nSPS) is 17.4. The van der Waals surface area contributed by atoms with Crippen LogP contribution in [0.15, 0.2) is 66.2 Å². The number of fused-ring (bicyclic) bond motifs is 1. The maximum atomic E-state index is 13.5. The molecule has 1 atom stereocenters. The molecule has 0 bridgehead atoms. The lowest BCUT2D eigenvalue weighted by Gasteiger charge is -2.23. The van der Waals surface area contributed by atoms with Gasteiger partial charge in [-0.05, 0) is 73.0 Å². The molecule has 3 aromatic carbocycles. The molecule has 1 saturated heterocycles. The summed E-state index contributed by atoms with van der Waals surface area (Å²) in [4.78, 5) is 32.7. The zero-order valence-corrected chi connectivity index (χ0v) is 20.0. The molecule has 8 heteroatoms. The Morgan fingerprint density at radius 2 is 1.83 bits per heavy atom. The highest BCUT2D eigenvalue weighted by Crippen LogP contribution is 2.45. The Labute approximate surface area is 204 Å². The molecule has 1 amide bonds. The number of nitrogens with zero attached hydrogens (tertiary/aromatic N) is 2. The fourth-order valence-corrected chi connectivity index (χ4v) is 5.55. The van der Waals surface area contributed by atoms with Crippen LogP contribution in [0.1, 0.15) is 28.3 Å². The molecule has 2 heterocycles. The highest BCUT2D eigenvalue weighted by atomic mass is 32.1. The Morgan fingerprint density at radius 3 is 2.54 bits per heavy atom. The third-order valence-corrected chi connectivity index (χ3v) is 7.00. The topological polar surface area (TPSA) is 79.7 Å². The Balaban J connectivity index is 1.75. The number of hydrogen-bond acceptors (Lipinski definition) is 6. The average molecular weight is 489 g/mol. The van der Waals surface area contributed by atoms with Gasteiger partial charge in [-0.2, -0.15) is 0 Å². The van der Waals surface area contributed by atoms with Crippen LogP contribution < -0.4 is 9.64 Å². The van der Waals surface area contributed by atoms with E-state index in [-0.39, 0.29) is 16.9 Å². The SMILES string of the molecule is COc1cccc(C2/C(=C(\O)c3ccc(F)cc3)C(=O)C(=O)N2c2nc3c(C)cc(C)cc3s2)c1. The van der Waals surface area contributed by atoms with Crippen molar-refractivity contribution in [1.29, 1.82) is 0 Å². The van der Waals surface area contributed by atoms with Crippen LogP contribution in [0.5, 0.6) is 5.75 Å². The lowest BCUT2D eigenvalue weighted by Crippen LogP contribution is -2.29. The summed E-state index contributed by atoms with van der Waals surface area (Å²) in [6, 6.07) is 15.1. The minimum atomic E-state index is -0.947. The maximum absolute atomic E-state index is 13.5. The van der Waals surface area contributed by atoms with E-state index in [1.54, 1.807) is 24.3 Å². The average Bonchev–Trinajstić information content (AvgIpc) is 3.38. The van der Waals surface area contributed by atoms with Gasteiger partial charge in [-0.3, -0.25) is 14.5 Å². The van der Waals surface area contributed by atoms with E-state index in [1.165, 1.54) is 47.6 Å². The number of hydrogen-bond donors (Lipinski definition) is 1. The number of anilines is 1. The summed E-state index contributed by atoms with van der Waals surface area (Å²) in [5.74, 6) is -1.97. The summed E-state index contributed by atoms with van der Waals surface area (Å²) < 4.78 is 19.7. The molecule has 1 aliphatic heterocycles. The molecule has 1 aliphatic rings. The fourth-order valence-electron chi connectivity index (χ4n) is 4.38. The third-order valence-electron chi connectivity index (χ3n) is 6.00. The van der Waals surface area contributed by atoms with Gasteiger partial charge in [-0.1, -0.05) is 29.5 Å². The number of carbonyl (C=O) groups excluding carboxylic acids is 2. The minimum Gasteiger partial charge on any atom is -0.507 e. The highest BCUT2D eigenvalue weighted by molar-refractivity contribution is 7.22. The van der Waals surface area contributed by atoms with E-state index < -0.39 is 23.5 Å². The zero-order chi connectivity index (χ0) is 24.9. The van der Waals surface area contributed by atoms with E-state index in [1.807, 2.05) is 26.0 Å². The number of aromatic nitrogens is 1. The molecule has 0 radical (unpaired) electrons. The van der Waals surface area contributed by atoms with Crippen molar-refractivity contribution in [3.05, 3.63) is 94.3 Å². The van der Waals surface area contributed by atoms with Crippen molar-refractivity contribution < 1.29 is 23.8 Å². The van der Waals surface area contributed by atoms with Gasteiger partial charge in [0.1, 0.15) is 17.3 Å². The van der Waals surface area contributed by atoms with E-state index in [4.69, 9.17) is 9.72 Å². The quantitative estimate of drug-likeness (QED) is 0.227. The molecule has 1 fully saturated rings. The molecular weight excluding hydrogens is 467 g/mol. The molecule has 5 rings (SSSR count). The summed E-state index contributed by atoms with van der Waals surface area (Å²) in [6.07, 6.45) is 0. The number of halogens is 1. The first-order chi connectivity index (χ1) is 16.8. The monoisotopic (exact) mass is 488 g/mol. The van der Waals surface area contributed by atoms with Gasteiger partial charge in [-0.25, -0.2) is 9.37 Å². The van der Waals surface area contributed by atoms with E-state index in [0.29, 0.717) is 16.4 Å². The second-order valence-electron chi connectivity index (χ2n) is 8.38. The number of aryl methyl sites for hydroxylation is 2. The van der Waals surface area contributed by atoms with Crippen molar-refractivity contribution in [2.75, 3.05) is 12.0 Å². The second kappa shape index (κ2) is 8.63. The van der Waals surface area contributed by atoms with Crippen LogP contribution in [-0.4, -0.2) is 28.9 Å². The van der Waals surface area contributed by atoms with Gasteiger partial charge in [0.05, 0.1) is 28.9 Å². The Kier molecular flexibility index (Phi) is 5.61. The Hall–Kier alpha value is -4.04. The molecule has 0 aliphatic carbocycles. The van der Waals surface area contributed by atoms with Crippen LogP contribution in [-0.2, 0) is 9.59 Å². The number of aliphatic hydroxyl groups excluding tert-OH is 1. The largest absolute Gasteiger partial charge is 0.507 e. The predicted octanol–water partition coefficient (Wildman–Crippen LogP) is 5.69. The number of carbonyl (C=O) groups is 2. The Bertz CT molecular complexity index is 1520. The van der Waals surface area contributed by atoms with Crippen LogP contribution >= 0.6 is 11.3 Å². The van der Waals surface area contributed by atoms with Gasteiger partial charge in [0, 0.05) is 5.56 Å². The first-order valence-corrected chi connectivity index (χ1v) is 11.7. The number of ether oxygens (including phenoxy) is 1. The summed E-state index contributed by atoms with van der Waals surface area (Å²) in [5.41, 5.74) is 3.48. The summed E-state index contributed by atoms with van der Waals surface area (Å²) >= 11 is 1.31. The fraction of sp³-hybridized carbons (Fsp3) is 0.148. The molecule has 176 valence electrons. The van der Waals surface area contributed by atoms with E-state index in [0.717, 1.165) is 21.3 Å². The van der Waals surface area contributed by atoms with Gasteiger partial charge >= 0.3 is 5.91 Å². The molecule has 0 saturated carbocycles. The number of benzene rings is 3. The molecular formula is C27H21FN2O4S. The van der Waals surface area contributed by atoms with Crippen molar-refractivity contribution in [2.45, 2.75) is 19.9 Å². The molecule has 1 N–H and O–H groups in total. The first-order valence-electron chi connectivity index (χ1n) is 10.9. The number of aliphatic hydroxyl groups is 1. The number of amides is 1. The molecule has 6 nitrogen and oxygen atoms in total. The van der Waals surface area contributed by atoms with E-state index in [2.05, 4.69) is 0 Å². The summed E-state index contributed by atoms with van der Waals surface area (Å²) in [5, 5.41) is 11.5. The van der Waals surface area contributed by atoms with Crippen molar-refractivity contribution in [2.24, 2.45) is 0 Å². The van der Waals surface area contributed by atoms with Gasteiger partial charge in [0.15, 0.2) is 5.13 Å². The lowest BCUT2D eigenvalue weighted by molar-refractivity contribution is -0.132. The van der Waals surface area contributed by atoms with Crippen molar-refractivity contribution in [1.82, 2.24) is 4.98 Å². The highest BCUT2D eigenvalue weighted by Gasteiger charge is 2.48. The third kappa shape index (κ3) is 3.85. The number of Topliss-reactive ketones (excluding diaryl/α,β-unsaturated/α-hetero) is 1. The summed E-state index contributed by atoms with van der Waals surface area (Å²) in [6.45, 7) is 3.93. The van der Waals surface area contributed by atoms with Crippen LogP contribution in [0, 0.1) is 19.7 Å². The molecule has 0 spiro atoms. The predicted molar refractivity (Wildman–Crippen MR) is 133 cm³/mol. The number of ketones is 1. The number of rotatable bonds is 4. The smallest absolute Gasteiger partial charge is 0.301 e. The molecule has 4 aromatic rings. The maximum Gasteiger partial charge on any atom is 0.301 e. The van der Waals surface area contributed by atoms with Gasteiger partial charge in [0.25, 0.3) is 5.78 Å². The molecule has 1 unspecified atom stereocenters. The van der Waals surface area contributed by atoms with Crippen molar-refractivity contribution in [3.8, 4) is 5.75 Å². The van der Waals surface area contributed by atoms with E-state index in [9.17, 15) is 19.1 Å². The first kappa shape index (κ1) is 22.7. The van der Waals surface area contributed by atoms with Gasteiger partial charge in [-0.15, -0.1) is 0 Å². The lowest BCUT2D eigenvalue weighted by atomic mass is 9.95. The van der Waals surface area contributed by atoms with E-state index >= 15 is 0 Å². The van der Waals surface area contributed by atoms with Crippen LogP contribution in [0.2, 0.25) is 0 Å². The van der Waals surface area contributed by atoms with Crippen LogP contribution in [0.25, 0.3) is 16.0 Å². The Morgan fingerprint density at radius 1 is 1.09 bits per heavy atom. The number of thiazole rings is 1. The van der Waals surface area contributed by atoms with Gasteiger partial charge < -0.3 is 9.84 Å². The van der Waals surface area contributed by atoms with Crippen LogP contribution in [0.3, 0.4) is 0 Å². The van der Waals surface area contributed by atoms with Gasteiger partial charge in [0.2, 0.25) is 0 Å². The minimum absolute atomic E-state index is 0.0954. The molecule has 35 heavy (non-hydrogen) atoms. The zero-order valence-electron chi connectivity index (χ0n) is 19.2. The second-order valence-corrected chi connectivity index (χ2v) is 9.39. The van der Waals surface area contributed by atoms with Crippen molar-refractivity contribution >= 4 is 44.1 Å². The number of methoxy groups -OCH3 is 1. The molecule has 1 aromatic heterocycles.